The van der Waals surface area contributed by atoms with Crippen molar-refractivity contribution in [3.63, 3.8) is 0 Å². The highest BCUT2D eigenvalue weighted by molar-refractivity contribution is 5.92. The van der Waals surface area contributed by atoms with Gasteiger partial charge in [0, 0.05) is 13.0 Å². The van der Waals surface area contributed by atoms with Gasteiger partial charge in [-0.1, -0.05) is 17.7 Å². The monoisotopic (exact) mass is 205 g/mol. The molecule has 1 heterocycles. The van der Waals surface area contributed by atoms with Gasteiger partial charge in [-0.2, -0.15) is 0 Å². The van der Waals surface area contributed by atoms with Gasteiger partial charge in [0.1, 0.15) is 6.10 Å². The van der Waals surface area contributed by atoms with Gasteiger partial charge in [0.15, 0.2) is 0 Å². The van der Waals surface area contributed by atoms with Gasteiger partial charge in [0.2, 0.25) is 0 Å². The van der Waals surface area contributed by atoms with Crippen LogP contribution < -0.4 is 5.32 Å². The predicted octanol–water partition coefficient (Wildman–Crippen LogP) is 1.30. The lowest BCUT2D eigenvalue weighted by molar-refractivity contribution is 0.0263. The lowest BCUT2D eigenvalue weighted by Gasteiger charge is -2.24. The summed E-state index contributed by atoms with van der Waals surface area (Å²) in [5.41, 5.74) is 2.91. The molecule has 1 aromatic rings. The molecule has 1 N–H and O–H groups in total. The van der Waals surface area contributed by atoms with E-state index < -0.39 is 0 Å². The third-order valence-electron chi connectivity index (χ3n) is 2.64. The smallest absolute Gasteiger partial charge is 0.338 e. The second kappa shape index (κ2) is 4.03. The number of rotatable bonds is 2. The van der Waals surface area contributed by atoms with Crippen LogP contribution >= 0.6 is 0 Å². The number of nitrogens with one attached hydrogen (secondary N) is 1. The number of hydrogen-bond acceptors (Lipinski definition) is 3. The van der Waals surface area contributed by atoms with E-state index >= 15 is 0 Å². The molecule has 0 saturated carbocycles. The highest BCUT2D eigenvalue weighted by Gasteiger charge is 2.25. The zero-order valence-electron chi connectivity index (χ0n) is 9.04. The Morgan fingerprint density at radius 2 is 2.33 bits per heavy atom. The van der Waals surface area contributed by atoms with Gasteiger partial charge in [0.25, 0.3) is 0 Å². The van der Waals surface area contributed by atoms with E-state index in [0.717, 1.165) is 23.1 Å². The number of carbonyl (C=O) groups is 1. The molecular weight excluding hydrogens is 190 g/mol. The molecule has 3 heteroatoms. The first-order valence-electron chi connectivity index (χ1n) is 5.16. The van der Waals surface area contributed by atoms with Crippen molar-refractivity contribution in [1.29, 1.82) is 0 Å². The lowest BCUT2D eigenvalue weighted by atomic mass is 9.97. The first-order chi connectivity index (χ1) is 7.20. The Hall–Kier alpha value is -1.35. The molecular formula is C12H15NO2. The van der Waals surface area contributed by atoms with E-state index in [4.69, 9.17) is 4.74 Å². The van der Waals surface area contributed by atoms with E-state index in [1.165, 1.54) is 0 Å². The molecule has 1 unspecified atom stereocenters. The maximum atomic E-state index is 11.7. The van der Waals surface area contributed by atoms with Crippen molar-refractivity contribution in [3.05, 3.63) is 34.9 Å². The maximum absolute atomic E-state index is 11.7. The fourth-order valence-electron chi connectivity index (χ4n) is 1.90. The number of carbonyl (C=O) groups excluding carboxylic acids is 1. The Kier molecular flexibility index (Phi) is 2.73. The van der Waals surface area contributed by atoms with Crippen LogP contribution in [-0.4, -0.2) is 25.7 Å². The minimum Gasteiger partial charge on any atom is -0.457 e. The lowest BCUT2D eigenvalue weighted by Crippen LogP contribution is -2.35. The summed E-state index contributed by atoms with van der Waals surface area (Å²) >= 11 is 0. The number of esters is 1. The SMILES string of the molecule is CNCC1Cc2ccc(C)cc2C(=O)O1. The zero-order chi connectivity index (χ0) is 10.8. The number of aryl methyl sites for hydroxylation is 1. The Balaban J connectivity index is 2.28. The summed E-state index contributed by atoms with van der Waals surface area (Å²) in [6.07, 6.45) is 0.778. The summed E-state index contributed by atoms with van der Waals surface area (Å²) in [5.74, 6) is -0.194. The molecule has 2 rings (SSSR count). The number of likely N-dealkylation sites (N-methyl/N-ethyl adjacent to an activating group) is 1. The quantitative estimate of drug-likeness (QED) is 0.739. The third kappa shape index (κ3) is 2.02. The minimum absolute atomic E-state index is 0.0299. The molecule has 0 fully saturated rings. The molecule has 3 nitrogen and oxygen atoms in total. The second-order valence-corrected chi connectivity index (χ2v) is 3.95. The van der Waals surface area contributed by atoms with Crippen molar-refractivity contribution in [3.8, 4) is 0 Å². The number of ether oxygens (including phenoxy) is 1. The van der Waals surface area contributed by atoms with Crippen LogP contribution in [-0.2, 0) is 11.2 Å². The number of hydrogen-bond donors (Lipinski definition) is 1. The minimum atomic E-state index is -0.194. The molecule has 1 aliphatic rings. The molecule has 0 bridgehead atoms. The van der Waals surface area contributed by atoms with Gasteiger partial charge >= 0.3 is 5.97 Å². The number of cyclic esters (lactones) is 1. The van der Waals surface area contributed by atoms with Crippen LogP contribution in [0.4, 0.5) is 0 Å². The highest BCUT2D eigenvalue weighted by atomic mass is 16.5. The van der Waals surface area contributed by atoms with Crippen LogP contribution in [0.25, 0.3) is 0 Å². The van der Waals surface area contributed by atoms with Crippen molar-refractivity contribution in [1.82, 2.24) is 5.32 Å². The van der Waals surface area contributed by atoms with Crippen molar-refractivity contribution < 1.29 is 9.53 Å². The highest BCUT2D eigenvalue weighted by Crippen LogP contribution is 2.21. The average Bonchev–Trinajstić information content (AvgIpc) is 2.20. The summed E-state index contributed by atoms with van der Waals surface area (Å²) in [6.45, 7) is 2.69. The molecule has 0 aliphatic carbocycles. The van der Waals surface area contributed by atoms with Gasteiger partial charge < -0.3 is 10.1 Å². The summed E-state index contributed by atoms with van der Waals surface area (Å²) in [5, 5.41) is 3.02. The fourth-order valence-corrected chi connectivity index (χ4v) is 1.90. The summed E-state index contributed by atoms with van der Waals surface area (Å²) in [6, 6.07) is 5.95. The second-order valence-electron chi connectivity index (χ2n) is 3.95. The third-order valence-corrected chi connectivity index (χ3v) is 2.64. The van der Waals surface area contributed by atoms with Crippen molar-refractivity contribution in [2.45, 2.75) is 19.4 Å². The molecule has 0 amide bonds. The number of benzene rings is 1. The van der Waals surface area contributed by atoms with Gasteiger partial charge in [-0.15, -0.1) is 0 Å². The first kappa shape index (κ1) is 10.2. The van der Waals surface area contributed by atoms with E-state index in [1.807, 2.05) is 32.2 Å². The van der Waals surface area contributed by atoms with Crippen molar-refractivity contribution >= 4 is 5.97 Å². The van der Waals surface area contributed by atoms with Crippen LogP contribution in [0, 0.1) is 6.92 Å². The van der Waals surface area contributed by atoms with Gasteiger partial charge in [-0.3, -0.25) is 0 Å². The first-order valence-corrected chi connectivity index (χ1v) is 5.16. The Bertz CT molecular complexity index is 387. The van der Waals surface area contributed by atoms with E-state index in [-0.39, 0.29) is 12.1 Å². The maximum Gasteiger partial charge on any atom is 0.338 e. The van der Waals surface area contributed by atoms with Crippen molar-refractivity contribution in [2.24, 2.45) is 0 Å². The summed E-state index contributed by atoms with van der Waals surface area (Å²) < 4.78 is 5.31. The van der Waals surface area contributed by atoms with Crippen molar-refractivity contribution in [2.75, 3.05) is 13.6 Å². The fraction of sp³-hybridized carbons (Fsp3) is 0.417. The van der Waals surface area contributed by atoms with Gasteiger partial charge in [-0.05, 0) is 25.6 Å². The predicted molar refractivity (Wildman–Crippen MR) is 58.0 cm³/mol. The standard InChI is InChI=1S/C12H15NO2/c1-8-3-4-9-6-10(7-13-2)15-12(14)11(9)5-8/h3-5,10,13H,6-7H2,1-2H3. The van der Waals surface area contributed by atoms with E-state index in [0.29, 0.717) is 6.54 Å². The normalized spacial score (nSPS) is 19.6. The van der Waals surface area contributed by atoms with Crippen LogP contribution in [0.15, 0.2) is 18.2 Å². The Morgan fingerprint density at radius 1 is 1.53 bits per heavy atom. The van der Waals surface area contributed by atoms with E-state index in [9.17, 15) is 4.79 Å². The molecule has 0 saturated heterocycles. The summed E-state index contributed by atoms with van der Waals surface area (Å²) in [4.78, 5) is 11.7. The Labute approximate surface area is 89.4 Å². The Morgan fingerprint density at radius 3 is 3.07 bits per heavy atom. The van der Waals surface area contributed by atoms with Gasteiger partial charge in [-0.25, -0.2) is 4.79 Å². The van der Waals surface area contributed by atoms with Crippen LogP contribution in [0.1, 0.15) is 21.5 Å². The van der Waals surface area contributed by atoms with Gasteiger partial charge in [0.05, 0.1) is 5.56 Å². The molecule has 1 aliphatic heterocycles. The molecule has 15 heavy (non-hydrogen) atoms. The molecule has 1 atom stereocenters. The summed E-state index contributed by atoms with van der Waals surface area (Å²) in [7, 11) is 1.86. The van der Waals surface area contributed by atoms with E-state index in [1.54, 1.807) is 0 Å². The molecule has 0 aromatic heterocycles. The number of fused-ring (bicyclic) bond motifs is 1. The molecule has 0 spiro atoms. The van der Waals surface area contributed by atoms with E-state index in [2.05, 4.69) is 5.32 Å². The molecule has 80 valence electrons. The van der Waals surface area contributed by atoms with Crippen LogP contribution in [0.5, 0.6) is 0 Å². The zero-order valence-corrected chi connectivity index (χ0v) is 9.04. The topological polar surface area (TPSA) is 38.3 Å². The average molecular weight is 205 g/mol. The van der Waals surface area contributed by atoms with Crippen LogP contribution in [0.3, 0.4) is 0 Å². The molecule has 0 radical (unpaired) electrons. The molecule has 1 aromatic carbocycles. The van der Waals surface area contributed by atoms with Crippen LogP contribution in [0.2, 0.25) is 0 Å². The largest absolute Gasteiger partial charge is 0.457 e.